The summed E-state index contributed by atoms with van der Waals surface area (Å²) in [5.74, 6) is 0.349. The average molecular weight is 680 g/mol. The molecule has 1 unspecified atom stereocenters. The molecule has 0 fully saturated rings. The van der Waals surface area contributed by atoms with E-state index in [1.165, 1.54) is 50.1 Å². The molecule has 8 aromatic carbocycles. The minimum Gasteiger partial charge on any atom is -0.456 e. The Morgan fingerprint density at radius 3 is 1.91 bits per heavy atom. The topological polar surface area (TPSA) is 16.4 Å². The second-order valence-corrected chi connectivity index (χ2v) is 14.0. The molecule has 0 saturated carbocycles. The second-order valence-electron chi connectivity index (χ2n) is 14.0. The van der Waals surface area contributed by atoms with Gasteiger partial charge in [0.15, 0.2) is 0 Å². The number of nitrogens with zero attached hydrogens (tertiary/aromatic N) is 1. The summed E-state index contributed by atoms with van der Waals surface area (Å²) in [6, 6.07) is 70.3. The quantitative estimate of drug-likeness (QED) is 0.174. The van der Waals surface area contributed by atoms with Gasteiger partial charge in [-0.15, -0.1) is 0 Å². The number of aryl methyl sites for hydroxylation is 1. The molecule has 0 amide bonds. The van der Waals surface area contributed by atoms with Crippen molar-refractivity contribution in [2.24, 2.45) is 0 Å². The number of hydrogen-bond acceptors (Lipinski definition) is 2. The second kappa shape index (κ2) is 13.2. The third-order valence-electron chi connectivity index (χ3n) is 10.9. The van der Waals surface area contributed by atoms with Crippen molar-refractivity contribution in [2.45, 2.75) is 18.8 Å². The predicted molar refractivity (Wildman–Crippen MR) is 221 cm³/mol. The first-order valence-corrected chi connectivity index (χ1v) is 18.5. The summed E-state index contributed by atoms with van der Waals surface area (Å²) in [5.41, 5.74) is 16.7. The molecule has 0 bridgehead atoms. The molecule has 1 atom stereocenters. The standard InChI is InChI=1S/C51H37NO/c1-2-11-35(12-3-1)36-25-28-41(29-26-36)52(43-30-32-49-48-19-8-9-20-50(48)53-51(49)34-43)42-15-10-14-40(33-42)37-21-23-39(24-22-37)45-31-27-38-13-4-5-16-44(38)46-17-6-7-18-47(45)46/h1-26,28-30,32-34,45H,27,31H2. The summed E-state index contributed by atoms with van der Waals surface area (Å²) in [6.07, 6.45) is 2.16. The lowest BCUT2D eigenvalue weighted by Crippen LogP contribution is -2.10. The van der Waals surface area contributed by atoms with Crippen LogP contribution in [0.2, 0.25) is 0 Å². The van der Waals surface area contributed by atoms with Crippen LogP contribution in [-0.4, -0.2) is 0 Å². The summed E-state index contributed by atoms with van der Waals surface area (Å²) < 4.78 is 6.37. The van der Waals surface area contributed by atoms with Crippen LogP contribution in [0.15, 0.2) is 199 Å². The summed E-state index contributed by atoms with van der Waals surface area (Å²) in [5, 5.41) is 2.26. The fraction of sp³-hybridized carbons (Fsp3) is 0.0588. The van der Waals surface area contributed by atoms with Gasteiger partial charge in [-0.25, -0.2) is 0 Å². The van der Waals surface area contributed by atoms with E-state index in [0.29, 0.717) is 5.92 Å². The normalized spacial score (nSPS) is 13.7. The highest BCUT2D eigenvalue weighted by Crippen LogP contribution is 2.43. The minimum absolute atomic E-state index is 0.349. The predicted octanol–water partition coefficient (Wildman–Crippen LogP) is 14.1. The van der Waals surface area contributed by atoms with Crippen molar-refractivity contribution in [1.29, 1.82) is 0 Å². The molecule has 0 aliphatic heterocycles. The van der Waals surface area contributed by atoms with Gasteiger partial charge in [0.1, 0.15) is 11.2 Å². The molecule has 252 valence electrons. The van der Waals surface area contributed by atoms with Crippen LogP contribution in [0, 0.1) is 0 Å². The maximum absolute atomic E-state index is 6.37. The first kappa shape index (κ1) is 31.1. The van der Waals surface area contributed by atoms with Crippen molar-refractivity contribution in [3.8, 4) is 33.4 Å². The maximum atomic E-state index is 6.37. The van der Waals surface area contributed by atoms with Crippen LogP contribution in [0.5, 0.6) is 0 Å². The molecular formula is C51H37NO. The van der Waals surface area contributed by atoms with Crippen molar-refractivity contribution < 1.29 is 4.42 Å². The highest BCUT2D eigenvalue weighted by Gasteiger charge is 2.23. The lowest BCUT2D eigenvalue weighted by molar-refractivity contribution is 0.669. The van der Waals surface area contributed by atoms with E-state index in [2.05, 4.69) is 187 Å². The van der Waals surface area contributed by atoms with Crippen molar-refractivity contribution in [3.05, 3.63) is 211 Å². The molecule has 10 rings (SSSR count). The monoisotopic (exact) mass is 679 g/mol. The van der Waals surface area contributed by atoms with Crippen LogP contribution >= 0.6 is 0 Å². The fourth-order valence-electron chi connectivity index (χ4n) is 8.32. The largest absolute Gasteiger partial charge is 0.456 e. The zero-order valence-corrected chi connectivity index (χ0v) is 29.3. The molecule has 1 aliphatic carbocycles. The maximum Gasteiger partial charge on any atom is 0.137 e. The highest BCUT2D eigenvalue weighted by atomic mass is 16.3. The van der Waals surface area contributed by atoms with Crippen molar-refractivity contribution in [2.75, 3.05) is 4.90 Å². The van der Waals surface area contributed by atoms with Gasteiger partial charge in [-0.1, -0.05) is 146 Å². The van der Waals surface area contributed by atoms with E-state index in [4.69, 9.17) is 4.42 Å². The van der Waals surface area contributed by atoms with E-state index < -0.39 is 0 Å². The zero-order valence-electron chi connectivity index (χ0n) is 29.3. The molecule has 2 nitrogen and oxygen atoms in total. The Bertz CT molecular complexity index is 2720. The van der Waals surface area contributed by atoms with Gasteiger partial charge < -0.3 is 9.32 Å². The lowest BCUT2D eigenvalue weighted by atomic mass is 9.85. The molecule has 1 aromatic heterocycles. The van der Waals surface area contributed by atoms with Crippen LogP contribution in [0.4, 0.5) is 17.1 Å². The average Bonchev–Trinajstić information content (AvgIpc) is 3.51. The van der Waals surface area contributed by atoms with Crippen molar-refractivity contribution >= 4 is 39.0 Å². The van der Waals surface area contributed by atoms with Crippen LogP contribution in [0.1, 0.15) is 29.0 Å². The van der Waals surface area contributed by atoms with Gasteiger partial charge in [-0.2, -0.15) is 0 Å². The SMILES string of the molecule is c1ccc(-c2ccc(N(c3cccc(-c4ccc(C5CCc6ccccc6-c6ccccc65)cc4)c3)c3ccc4c(c3)oc3ccccc34)cc2)cc1. The number of hydrogen-bond donors (Lipinski definition) is 0. The summed E-state index contributed by atoms with van der Waals surface area (Å²) in [4.78, 5) is 2.33. The molecule has 1 aliphatic rings. The summed E-state index contributed by atoms with van der Waals surface area (Å²) >= 11 is 0. The molecule has 0 saturated heterocycles. The molecule has 0 spiro atoms. The number of rotatable bonds is 6. The number of fused-ring (bicyclic) bond motifs is 6. The van der Waals surface area contributed by atoms with Crippen molar-refractivity contribution in [1.82, 2.24) is 0 Å². The smallest absolute Gasteiger partial charge is 0.137 e. The Morgan fingerprint density at radius 1 is 0.415 bits per heavy atom. The lowest BCUT2D eigenvalue weighted by Gasteiger charge is -2.26. The van der Waals surface area contributed by atoms with Gasteiger partial charge in [0, 0.05) is 39.8 Å². The Kier molecular flexibility index (Phi) is 7.73. The van der Waals surface area contributed by atoms with E-state index in [1.807, 2.05) is 12.1 Å². The molecule has 1 heterocycles. The molecule has 2 heteroatoms. The number of benzene rings is 8. The highest BCUT2D eigenvalue weighted by molar-refractivity contribution is 6.06. The van der Waals surface area contributed by atoms with E-state index >= 15 is 0 Å². The molecule has 0 N–H and O–H groups in total. The third-order valence-corrected chi connectivity index (χ3v) is 10.9. The molecular weight excluding hydrogens is 643 g/mol. The first-order chi connectivity index (χ1) is 26.3. The van der Waals surface area contributed by atoms with Crippen LogP contribution in [0.25, 0.3) is 55.3 Å². The van der Waals surface area contributed by atoms with Gasteiger partial charge in [0.2, 0.25) is 0 Å². The van der Waals surface area contributed by atoms with Gasteiger partial charge >= 0.3 is 0 Å². The Balaban J connectivity index is 1.02. The number of anilines is 3. The van der Waals surface area contributed by atoms with E-state index in [0.717, 1.165) is 51.8 Å². The molecule has 9 aromatic rings. The number of furan rings is 1. The zero-order chi connectivity index (χ0) is 35.1. The van der Waals surface area contributed by atoms with Crippen LogP contribution in [-0.2, 0) is 6.42 Å². The Hall–Kier alpha value is -6.64. The fourth-order valence-corrected chi connectivity index (χ4v) is 8.32. The van der Waals surface area contributed by atoms with E-state index in [-0.39, 0.29) is 0 Å². The van der Waals surface area contributed by atoms with Gasteiger partial charge in [0.05, 0.1) is 0 Å². The third kappa shape index (κ3) is 5.70. The van der Waals surface area contributed by atoms with E-state index in [1.54, 1.807) is 0 Å². The van der Waals surface area contributed by atoms with Crippen molar-refractivity contribution in [3.63, 3.8) is 0 Å². The summed E-state index contributed by atoms with van der Waals surface area (Å²) in [6.45, 7) is 0. The van der Waals surface area contributed by atoms with Gasteiger partial charge in [0.25, 0.3) is 0 Å². The Morgan fingerprint density at radius 2 is 1.04 bits per heavy atom. The minimum atomic E-state index is 0.349. The van der Waals surface area contributed by atoms with Gasteiger partial charge in [-0.3, -0.25) is 0 Å². The van der Waals surface area contributed by atoms with Crippen LogP contribution in [0.3, 0.4) is 0 Å². The molecule has 53 heavy (non-hydrogen) atoms. The number of para-hydroxylation sites is 1. The van der Waals surface area contributed by atoms with E-state index in [9.17, 15) is 0 Å². The Labute approximate surface area is 310 Å². The van der Waals surface area contributed by atoms with Gasteiger partial charge in [-0.05, 0) is 105 Å². The first-order valence-electron chi connectivity index (χ1n) is 18.5. The molecule has 0 radical (unpaired) electrons. The van der Waals surface area contributed by atoms with Crippen LogP contribution < -0.4 is 4.90 Å². The summed E-state index contributed by atoms with van der Waals surface area (Å²) in [7, 11) is 0.